The smallest absolute Gasteiger partial charge is 0.317 e. The summed E-state index contributed by atoms with van der Waals surface area (Å²) < 4.78 is 13.8. The molecule has 2 rings (SSSR count). The molecule has 0 N–H and O–H groups in total. The van der Waals surface area contributed by atoms with Gasteiger partial charge in [-0.05, 0) is 56.6 Å². The van der Waals surface area contributed by atoms with E-state index in [-0.39, 0.29) is 23.6 Å². The van der Waals surface area contributed by atoms with Crippen LogP contribution in [0.4, 0.5) is 0 Å². The number of ether oxygens (including phenoxy) is 1. The Morgan fingerprint density at radius 2 is 1.56 bits per heavy atom. The molecule has 0 saturated heterocycles. The van der Waals surface area contributed by atoms with Crippen molar-refractivity contribution in [2.24, 2.45) is 17.8 Å². The maximum atomic E-state index is 13.4. The van der Waals surface area contributed by atoms with Crippen LogP contribution in [0.1, 0.15) is 73.0 Å². The van der Waals surface area contributed by atoms with Crippen LogP contribution in [-0.4, -0.2) is 18.4 Å². The number of aryl methyl sites for hydroxylation is 3. The molecule has 1 aliphatic rings. The normalized spacial score (nSPS) is 15.8. The summed E-state index contributed by atoms with van der Waals surface area (Å²) in [6.45, 7) is 10.4. The first-order chi connectivity index (χ1) is 12.8. The van der Waals surface area contributed by atoms with Crippen LogP contribution >= 0.6 is 9.12 Å². The molecule has 1 saturated carbocycles. The third-order valence-corrected chi connectivity index (χ3v) is 5.14. The Kier molecular flexibility index (Phi) is 10.0. The van der Waals surface area contributed by atoms with Gasteiger partial charge in [-0.15, -0.1) is 0 Å². The van der Waals surface area contributed by atoms with E-state index in [4.69, 9.17) is 9.30 Å². The highest BCUT2D eigenvalue weighted by Crippen LogP contribution is 2.34. The number of benzene rings is 1. The van der Waals surface area contributed by atoms with Gasteiger partial charge in [0.05, 0.1) is 15.7 Å². The lowest BCUT2D eigenvalue weighted by molar-refractivity contribution is -0.149. The Morgan fingerprint density at radius 3 is 2.04 bits per heavy atom. The summed E-state index contributed by atoms with van der Waals surface area (Å²) in [5.41, 5.74) is 3.77. The van der Waals surface area contributed by atoms with E-state index >= 15 is 0 Å². The summed E-state index contributed by atoms with van der Waals surface area (Å²) in [4.78, 5) is 26.2. The van der Waals surface area contributed by atoms with Crippen LogP contribution in [0.2, 0.25) is 0 Å². The number of carbonyl (C=O) groups is 2. The van der Waals surface area contributed by atoms with Crippen molar-refractivity contribution in [1.82, 2.24) is 0 Å². The SMILES string of the molecule is Cc1cc(C)c(C(=O)C(C(=O)OCC(C)C)C2CCCCC2)c(C)c1.O=[PH3]. The van der Waals surface area contributed by atoms with Crippen LogP contribution in [-0.2, 0) is 14.1 Å². The first kappa shape index (κ1) is 23.6. The van der Waals surface area contributed by atoms with E-state index in [1.165, 1.54) is 6.42 Å². The highest BCUT2D eigenvalue weighted by molar-refractivity contribution is 7.00. The summed E-state index contributed by atoms with van der Waals surface area (Å²) >= 11 is 0. The average Bonchev–Trinajstić information content (AvgIpc) is 2.62. The van der Waals surface area contributed by atoms with E-state index in [0.29, 0.717) is 21.3 Å². The third kappa shape index (κ3) is 6.60. The van der Waals surface area contributed by atoms with Gasteiger partial charge in [0.25, 0.3) is 0 Å². The van der Waals surface area contributed by atoms with Gasteiger partial charge in [0.2, 0.25) is 0 Å². The molecule has 0 spiro atoms. The number of ketones is 1. The molecule has 0 radical (unpaired) electrons. The first-order valence-corrected chi connectivity index (χ1v) is 10.5. The fourth-order valence-electron chi connectivity index (χ4n) is 4.04. The van der Waals surface area contributed by atoms with Crippen molar-refractivity contribution in [3.05, 3.63) is 34.4 Å². The van der Waals surface area contributed by atoms with Gasteiger partial charge in [-0.1, -0.05) is 50.8 Å². The van der Waals surface area contributed by atoms with E-state index in [1.54, 1.807) is 0 Å². The number of hydrogen-bond acceptors (Lipinski definition) is 4. The van der Waals surface area contributed by atoms with Gasteiger partial charge >= 0.3 is 5.97 Å². The molecule has 2 atom stereocenters. The molecule has 0 aromatic heterocycles. The van der Waals surface area contributed by atoms with Gasteiger partial charge in [-0.25, -0.2) is 0 Å². The van der Waals surface area contributed by atoms with Gasteiger partial charge in [-0.3, -0.25) is 9.59 Å². The molecule has 152 valence electrons. The Morgan fingerprint density at radius 1 is 1.04 bits per heavy atom. The van der Waals surface area contributed by atoms with Gasteiger partial charge < -0.3 is 9.30 Å². The van der Waals surface area contributed by atoms with Crippen molar-refractivity contribution in [2.45, 2.75) is 66.7 Å². The standard InChI is InChI=1S/C22H32O3.H3OP/c1-14(2)13-25-22(24)20(18-9-7-6-8-10-18)21(23)19-16(4)11-15(3)12-17(19)5;1-2/h11-12,14,18,20H,6-10,13H2,1-5H3;2H3. The van der Waals surface area contributed by atoms with Crippen LogP contribution in [0.3, 0.4) is 0 Å². The van der Waals surface area contributed by atoms with E-state index in [9.17, 15) is 9.59 Å². The molecule has 0 bridgehead atoms. The van der Waals surface area contributed by atoms with E-state index in [1.807, 2.05) is 46.8 Å². The monoisotopic (exact) mass is 394 g/mol. The molecular formula is C22H35O4P. The molecule has 0 amide bonds. The second-order valence-corrected chi connectivity index (χ2v) is 8.04. The van der Waals surface area contributed by atoms with Gasteiger partial charge in [0.15, 0.2) is 5.78 Å². The average molecular weight is 394 g/mol. The molecule has 27 heavy (non-hydrogen) atoms. The molecule has 1 aromatic rings. The number of Topliss-reactive ketones (excluding diaryl/α,β-unsaturated/α-hetero) is 1. The lowest BCUT2D eigenvalue weighted by Crippen LogP contribution is -2.35. The Bertz CT molecular complexity index is 625. The lowest BCUT2D eigenvalue weighted by Gasteiger charge is -2.29. The van der Waals surface area contributed by atoms with Crippen molar-refractivity contribution in [1.29, 1.82) is 0 Å². The van der Waals surface area contributed by atoms with Crippen LogP contribution in [0.5, 0.6) is 0 Å². The van der Waals surface area contributed by atoms with E-state index in [0.717, 1.165) is 42.4 Å². The molecular weight excluding hydrogens is 359 g/mol. The summed E-state index contributed by atoms with van der Waals surface area (Å²) in [5.74, 6) is -0.644. The van der Waals surface area contributed by atoms with Gasteiger partial charge in [-0.2, -0.15) is 0 Å². The summed E-state index contributed by atoms with van der Waals surface area (Å²) in [5, 5.41) is 0. The molecule has 4 nitrogen and oxygen atoms in total. The lowest BCUT2D eigenvalue weighted by atomic mass is 9.75. The van der Waals surface area contributed by atoms with Crippen LogP contribution in [0, 0.1) is 38.5 Å². The quantitative estimate of drug-likeness (QED) is 0.290. The molecule has 1 aromatic carbocycles. The predicted molar refractivity (Wildman–Crippen MR) is 113 cm³/mol. The third-order valence-electron chi connectivity index (χ3n) is 5.14. The summed E-state index contributed by atoms with van der Waals surface area (Å²) in [6.07, 6.45) is 5.27. The second-order valence-electron chi connectivity index (χ2n) is 8.04. The Labute approximate surface area is 165 Å². The molecule has 5 heteroatoms. The molecule has 0 aliphatic heterocycles. The largest absolute Gasteiger partial charge is 0.465 e. The predicted octanol–water partition coefficient (Wildman–Crippen LogP) is 5.13. The first-order valence-electron chi connectivity index (χ1n) is 9.88. The van der Waals surface area contributed by atoms with Gasteiger partial charge in [0.1, 0.15) is 5.92 Å². The van der Waals surface area contributed by atoms with Crippen LogP contribution in [0.15, 0.2) is 12.1 Å². The van der Waals surface area contributed by atoms with Crippen molar-refractivity contribution in [2.75, 3.05) is 6.61 Å². The minimum absolute atomic E-state index is 0.0457. The van der Waals surface area contributed by atoms with Gasteiger partial charge in [0, 0.05) is 5.56 Å². The van der Waals surface area contributed by atoms with Crippen LogP contribution < -0.4 is 0 Å². The second kappa shape index (κ2) is 11.4. The van der Waals surface area contributed by atoms with Crippen molar-refractivity contribution in [3.63, 3.8) is 0 Å². The van der Waals surface area contributed by atoms with E-state index in [2.05, 4.69) is 0 Å². The van der Waals surface area contributed by atoms with Crippen molar-refractivity contribution in [3.8, 4) is 0 Å². The zero-order valence-electron chi connectivity index (χ0n) is 17.5. The summed E-state index contributed by atoms with van der Waals surface area (Å²) in [7, 11) is 0.611. The fraction of sp³-hybridized carbons (Fsp3) is 0.636. The van der Waals surface area contributed by atoms with E-state index < -0.39 is 5.92 Å². The number of carbonyl (C=O) groups excluding carboxylic acids is 2. The Hall–Kier alpha value is -1.41. The van der Waals surface area contributed by atoms with Crippen LogP contribution in [0.25, 0.3) is 0 Å². The minimum Gasteiger partial charge on any atom is -0.465 e. The number of esters is 1. The molecule has 0 heterocycles. The summed E-state index contributed by atoms with van der Waals surface area (Å²) in [6, 6.07) is 4.05. The Balaban J connectivity index is 0.00000176. The zero-order chi connectivity index (χ0) is 20.6. The zero-order valence-corrected chi connectivity index (χ0v) is 18.9. The fourth-order valence-corrected chi connectivity index (χ4v) is 4.04. The molecule has 2 unspecified atom stereocenters. The number of hydrogen-bond donors (Lipinski definition) is 0. The highest BCUT2D eigenvalue weighted by atomic mass is 31.0. The molecule has 1 aliphatic carbocycles. The van der Waals surface area contributed by atoms with Crippen molar-refractivity contribution < 1.29 is 18.9 Å². The van der Waals surface area contributed by atoms with Crippen molar-refractivity contribution >= 4 is 20.9 Å². The molecule has 1 fully saturated rings. The topological polar surface area (TPSA) is 60.4 Å². The minimum atomic E-state index is -0.654. The maximum absolute atomic E-state index is 13.4. The highest BCUT2D eigenvalue weighted by Gasteiger charge is 2.38. The number of rotatable bonds is 6. The maximum Gasteiger partial charge on any atom is 0.317 e.